The molecule has 28 heavy (non-hydrogen) atoms. The molecule has 6 nitrogen and oxygen atoms in total. The first kappa shape index (κ1) is 19.6. The number of aryl methyl sites for hydroxylation is 2. The Hall–Kier alpha value is -3.15. The fourth-order valence-electron chi connectivity index (χ4n) is 3.51. The Labute approximate surface area is 164 Å². The summed E-state index contributed by atoms with van der Waals surface area (Å²) in [5.41, 5.74) is 3.85. The second-order valence-electron chi connectivity index (χ2n) is 7.17. The molecule has 1 aliphatic rings. The number of urea groups is 1. The Morgan fingerprint density at radius 1 is 1.00 bits per heavy atom. The van der Waals surface area contributed by atoms with Gasteiger partial charge in [0.25, 0.3) is 0 Å². The molecule has 1 atom stereocenters. The third-order valence-electron chi connectivity index (χ3n) is 5.07. The smallest absolute Gasteiger partial charge is 0.322 e. The number of carbonyl (C=O) groups excluding carboxylic acids is 3. The van der Waals surface area contributed by atoms with Gasteiger partial charge in [0, 0.05) is 23.5 Å². The Kier molecular flexibility index (Phi) is 5.78. The minimum absolute atomic E-state index is 0.0665. The first-order chi connectivity index (χ1) is 13.4. The highest BCUT2D eigenvalue weighted by Gasteiger charge is 2.34. The van der Waals surface area contributed by atoms with E-state index in [9.17, 15) is 14.4 Å². The lowest BCUT2D eigenvalue weighted by Crippen LogP contribution is -2.45. The van der Waals surface area contributed by atoms with Crippen molar-refractivity contribution in [2.45, 2.75) is 39.7 Å². The lowest BCUT2D eigenvalue weighted by Gasteiger charge is -2.25. The quantitative estimate of drug-likeness (QED) is 0.784. The van der Waals surface area contributed by atoms with Crippen LogP contribution in [0.25, 0.3) is 0 Å². The zero-order valence-corrected chi connectivity index (χ0v) is 16.4. The highest BCUT2D eigenvalue weighted by atomic mass is 16.2. The van der Waals surface area contributed by atoms with Crippen molar-refractivity contribution < 1.29 is 14.4 Å². The molecule has 2 aromatic rings. The van der Waals surface area contributed by atoms with E-state index >= 15 is 0 Å². The monoisotopic (exact) mass is 379 g/mol. The van der Waals surface area contributed by atoms with Crippen LogP contribution >= 0.6 is 0 Å². The molecule has 3 rings (SSSR count). The Morgan fingerprint density at radius 3 is 2.36 bits per heavy atom. The lowest BCUT2D eigenvalue weighted by atomic mass is 10.1. The molecule has 0 aliphatic carbocycles. The standard InChI is InChI=1S/C22H25N3O3/c1-14-7-4-8-15(2)20(14)24-21(27)19-11-6-12-25(19)22(28)23-18-10-5-9-17(13-18)16(3)26/h4-5,7-10,13,19H,6,11-12H2,1-3H3,(H,23,28)(H,24,27)/t19-/m0/s1. The van der Waals surface area contributed by atoms with Gasteiger partial charge >= 0.3 is 6.03 Å². The molecule has 3 amide bonds. The largest absolute Gasteiger partial charge is 0.324 e. The van der Waals surface area contributed by atoms with E-state index in [0.717, 1.165) is 23.2 Å². The van der Waals surface area contributed by atoms with Gasteiger partial charge in [-0.15, -0.1) is 0 Å². The minimum Gasteiger partial charge on any atom is -0.324 e. The van der Waals surface area contributed by atoms with Crippen LogP contribution in [0.15, 0.2) is 42.5 Å². The molecular weight excluding hydrogens is 354 g/mol. The number of likely N-dealkylation sites (tertiary alicyclic amines) is 1. The summed E-state index contributed by atoms with van der Waals surface area (Å²) in [5.74, 6) is -0.245. The third kappa shape index (κ3) is 4.22. The van der Waals surface area contributed by atoms with E-state index in [-0.39, 0.29) is 17.7 Å². The van der Waals surface area contributed by atoms with Crippen molar-refractivity contribution in [3.05, 3.63) is 59.2 Å². The molecular formula is C22H25N3O3. The van der Waals surface area contributed by atoms with E-state index in [2.05, 4.69) is 10.6 Å². The summed E-state index contributed by atoms with van der Waals surface area (Å²) in [6.45, 7) is 5.89. The van der Waals surface area contributed by atoms with Crippen molar-refractivity contribution in [2.24, 2.45) is 0 Å². The number of benzene rings is 2. The molecule has 1 aliphatic heterocycles. The molecule has 0 spiro atoms. The summed E-state index contributed by atoms with van der Waals surface area (Å²) >= 11 is 0. The number of rotatable bonds is 4. The van der Waals surface area contributed by atoms with Crippen LogP contribution < -0.4 is 10.6 Å². The van der Waals surface area contributed by atoms with Gasteiger partial charge in [0.05, 0.1) is 0 Å². The molecule has 0 unspecified atom stereocenters. The van der Waals surface area contributed by atoms with Crippen molar-refractivity contribution in [1.82, 2.24) is 4.90 Å². The predicted octanol–water partition coefficient (Wildman–Crippen LogP) is 4.14. The summed E-state index contributed by atoms with van der Waals surface area (Å²) in [5, 5.41) is 5.79. The van der Waals surface area contributed by atoms with E-state index in [1.807, 2.05) is 32.0 Å². The molecule has 1 fully saturated rings. The molecule has 2 N–H and O–H groups in total. The van der Waals surface area contributed by atoms with Crippen molar-refractivity contribution in [2.75, 3.05) is 17.2 Å². The first-order valence-electron chi connectivity index (χ1n) is 9.42. The number of ketones is 1. The SMILES string of the molecule is CC(=O)c1cccc(NC(=O)N2CCC[C@H]2C(=O)Nc2c(C)cccc2C)c1. The van der Waals surface area contributed by atoms with Crippen molar-refractivity contribution >= 4 is 29.1 Å². The van der Waals surface area contributed by atoms with Crippen molar-refractivity contribution in [3.8, 4) is 0 Å². The number of carbonyl (C=O) groups is 3. The van der Waals surface area contributed by atoms with Gasteiger partial charge in [-0.2, -0.15) is 0 Å². The van der Waals surface area contributed by atoms with Crippen LogP contribution in [0.4, 0.5) is 16.2 Å². The summed E-state index contributed by atoms with van der Waals surface area (Å²) in [6.07, 6.45) is 1.39. The molecule has 146 valence electrons. The highest BCUT2D eigenvalue weighted by molar-refractivity contribution is 6.01. The highest BCUT2D eigenvalue weighted by Crippen LogP contribution is 2.24. The average Bonchev–Trinajstić information content (AvgIpc) is 3.15. The molecule has 0 aromatic heterocycles. The fourth-order valence-corrected chi connectivity index (χ4v) is 3.51. The summed E-state index contributed by atoms with van der Waals surface area (Å²) in [6, 6.07) is 11.8. The maximum Gasteiger partial charge on any atom is 0.322 e. The van der Waals surface area contributed by atoms with Gasteiger partial charge in [0.1, 0.15) is 6.04 Å². The molecule has 0 radical (unpaired) electrons. The number of hydrogen-bond acceptors (Lipinski definition) is 3. The van der Waals surface area contributed by atoms with Gasteiger partial charge in [-0.25, -0.2) is 4.79 Å². The lowest BCUT2D eigenvalue weighted by molar-refractivity contribution is -0.119. The van der Waals surface area contributed by atoms with Gasteiger partial charge in [-0.3, -0.25) is 9.59 Å². The van der Waals surface area contributed by atoms with E-state index in [4.69, 9.17) is 0 Å². The molecule has 1 heterocycles. The van der Waals surface area contributed by atoms with Crippen LogP contribution in [0.2, 0.25) is 0 Å². The maximum absolute atomic E-state index is 12.9. The summed E-state index contributed by atoms with van der Waals surface area (Å²) in [4.78, 5) is 38.7. The second-order valence-corrected chi connectivity index (χ2v) is 7.17. The van der Waals surface area contributed by atoms with E-state index in [0.29, 0.717) is 24.2 Å². The molecule has 6 heteroatoms. The molecule has 2 aromatic carbocycles. The van der Waals surface area contributed by atoms with Crippen LogP contribution in [0.3, 0.4) is 0 Å². The molecule has 0 bridgehead atoms. The summed E-state index contributed by atoms with van der Waals surface area (Å²) in [7, 11) is 0. The van der Waals surface area contributed by atoms with E-state index < -0.39 is 6.04 Å². The van der Waals surface area contributed by atoms with Gasteiger partial charge in [0.15, 0.2) is 5.78 Å². The van der Waals surface area contributed by atoms with E-state index in [1.165, 1.54) is 6.92 Å². The maximum atomic E-state index is 12.9. The topological polar surface area (TPSA) is 78.5 Å². The number of amides is 3. The normalized spacial score (nSPS) is 16.0. The number of anilines is 2. The summed E-state index contributed by atoms with van der Waals surface area (Å²) < 4.78 is 0. The van der Waals surface area contributed by atoms with Crippen molar-refractivity contribution in [3.63, 3.8) is 0 Å². The zero-order chi connectivity index (χ0) is 20.3. The molecule has 0 saturated carbocycles. The Balaban J connectivity index is 1.71. The van der Waals surface area contributed by atoms with Crippen LogP contribution in [-0.4, -0.2) is 35.2 Å². The van der Waals surface area contributed by atoms with Crippen LogP contribution in [0.5, 0.6) is 0 Å². The van der Waals surface area contributed by atoms with E-state index in [1.54, 1.807) is 29.2 Å². The van der Waals surface area contributed by atoms with Crippen LogP contribution in [0.1, 0.15) is 41.3 Å². The second kappa shape index (κ2) is 8.25. The number of nitrogens with one attached hydrogen (secondary N) is 2. The Bertz CT molecular complexity index is 903. The number of hydrogen-bond donors (Lipinski definition) is 2. The van der Waals surface area contributed by atoms with Gasteiger partial charge < -0.3 is 15.5 Å². The van der Waals surface area contributed by atoms with Crippen molar-refractivity contribution in [1.29, 1.82) is 0 Å². The first-order valence-corrected chi connectivity index (χ1v) is 9.42. The predicted molar refractivity (Wildman–Crippen MR) is 110 cm³/mol. The van der Waals surface area contributed by atoms with Crippen LogP contribution in [-0.2, 0) is 4.79 Å². The number of nitrogens with zero attached hydrogens (tertiary/aromatic N) is 1. The van der Waals surface area contributed by atoms with Crippen LogP contribution in [0, 0.1) is 13.8 Å². The number of Topliss-reactive ketones (excluding diaryl/α,β-unsaturated/α-hetero) is 1. The minimum atomic E-state index is -0.519. The number of para-hydroxylation sites is 1. The van der Waals surface area contributed by atoms with Gasteiger partial charge in [-0.05, 0) is 56.9 Å². The average molecular weight is 379 g/mol. The third-order valence-corrected chi connectivity index (χ3v) is 5.07. The molecule has 1 saturated heterocycles. The zero-order valence-electron chi connectivity index (χ0n) is 16.4. The van der Waals surface area contributed by atoms with Gasteiger partial charge in [-0.1, -0.05) is 30.3 Å². The fraction of sp³-hybridized carbons (Fsp3) is 0.318. The Morgan fingerprint density at radius 2 is 1.68 bits per heavy atom. The van der Waals surface area contributed by atoms with Gasteiger partial charge in [0.2, 0.25) is 5.91 Å².